The SMILES string of the molecule is CC(CBr)C(C)(F)F. The van der Waals surface area contributed by atoms with Crippen LogP contribution in [0.5, 0.6) is 0 Å². The van der Waals surface area contributed by atoms with E-state index in [0.717, 1.165) is 6.92 Å². The molecule has 0 aliphatic rings. The first-order valence-corrected chi connectivity index (χ1v) is 3.54. The molecule has 0 bridgehead atoms. The summed E-state index contributed by atoms with van der Waals surface area (Å²) in [5.74, 6) is -3.11. The molecule has 0 aromatic heterocycles. The van der Waals surface area contributed by atoms with Gasteiger partial charge in [-0.2, -0.15) is 0 Å². The van der Waals surface area contributed by atoms with Crippen molar-refractivity contribution in [1.29, 1.82) is 0 Å². The van der Waals surface area contributed by atoms with Crippen molar-refractivity contribution in [2.45, 2.75) is 19.8 Å². The molecule has 0 N–H and O–H groups in total. The van der Waals surface area contributed by atoms with Gasteiger partial charge in [-0.15, -0.1) is 0 Å². The van der Waals surface area contributed by atoms with Gasteiger partial charge in [-0.25, -0.2) is 8.78 Å². The van der Waals surface area contributed by atoms with E-state index in [1.54, 1.807) is 0 Å². The molecule has 8 heavy (non-hydrogen) atoms. The van der Waals surface area contributed by atoms with Crippen molar-refractivity contribution in [2.75, 3.05) is 5.33 Å². The lowest BCUT2D eigenvalue weighted by Gasteiger charge is -2.15. The van der Waals surface area contributed by atoms with Gasteiger partial charge in [-0.1, -0.05) is 22.9 Å². The van der Waals surface area contributed by atoms with Gasteiger partial charge >= 0.3 is 0 Å². The fourth-order valence-electron chi connectivity index (χ4n) is 0.135. The van der Waals surface area contributed by atoms with Crippen LogP contribution in [0.15, 0.2) is 0 Å². The van der Waals surface area contributed by atoms with Crippen LogP contribution in [0.1, 0.15) is 13.8 Å². The Labute approximate surface area is 56.4 Å². The Morgan fingerprint density at radius 2 is 2.00 bits per heavy atom. The highest BCUT2D eigenvalue weighted by Gasteiger charge is 2.28. The van der Waals surface area contributed by atoms with Gasteiger partial charge in [-0.3, -0.25) is 0 Å². The molecule has 0 spiro atoms. The van der Waals surface area contributed by atoms with E-state index in [9.17, 15) is 8.78 Å². The fraction of sp³-hybridized carbons (Fsp3) is 1.00. The summed E-state index contributed by atoms with van der Waals surface area (Å²) in [6.45, 7) is 2.44. The molecule has 50 valence electrons. The summed E-state index contributed by atoms with van der Waals surface area (Å²) in [5.41, 5.74) is 0. The topological polar surface area (TPSA) is 0 Å². The molecule has 0 saturated heterocycles. The van der Waals surface area contributed by atoms with E-state index in [1.807, 2.05) is 0 Å². The number of hydrogen-bond donors (Lipinski definition) is 0. The number of hydrogen-bond acceptors (Lipinski definition) is 0. The molecular weight excluding hydrogens is 178 g/mol. The van der Waals surface area contributed by atoms with Crippen LogP contribution in [-0.4, -0.2) is 11.3 Å². The van der Waals surface area contributed by atoms with Crippen LogP contribution >= 0.6 is 15.9 Å². The Morgan fingerprint density at radius 1 is 1.62 bits per heavy atom. The highest BCUT2D eigenvalue weighted by atomic mass is 79.9. The van der Waals surface area contributed by atoms with Gasteiger partial charge in [0.25, 0.3) is 0 Å². The maximum absolute atomic E-state index is 12.1. The van der Waals surface area contributed by atoms with Crippen molar-refractivity contribution >= 4 is 15.9 Å². The number of halogens is 3. The molecule has 3 heteroatoms. The summed E-state index contributed by atoms with van der Waals surface area (Å²) in [7, 11) is 0. The van der Waals surface area contributed by atoms with Gasteiger partial charge in [0.05, 0.1) is 0 Å². The van der Waals surface area contributed by atoms with E-state index < -0.39 is 11.8 Å². The molecule has 0 radical (unpaired) electrons. The standard InChI is InChI=1S/C5H9BrF2/c1-4(3-6)5(2,7)8/h4H,3H2,1-2H3. The molecule has 0 saturated carbocycles. The molecule has 0 rings (SSSR count). The van der Waals surface area contributed by atoms with Crippen molar-refractivity contribution in [3.05, 3.63) is 0 Å². The van der Waals surface area contributed by atoms with Gasteiger partial charge in [0.2, 0.25) is 5.92 Å². The van der Waals surface area contributed by atoms with E-state index in [4.69, 9.17) is 0 Å². The number of alkyl halides is 3. The second-order valence-electron chi connectivity index (χ2n) is 2.01. The summed E-state index contributed by atoms with van der Waals surface area (Å²) in [6.07, 6.45) is 0. The minimum absolute atomic E-state index is 0.358. The van der Waals surface area contributed by atoms with Gasteiger partial charge in [0, 0.05) is 11.2 Å². The van der Waals surface area contributed by atoms with E-state index >= 15 is 0 Å². The van der Waals surface area contributed by atoms with Gasteiger partial charge in [0.1, 0.15) is 0 Å². The normalized spacial score (nSPS) is 16.1. The van der Waals surface area contributed by atoms with Crippen molar-refractivity contribution in [2.24, 2.45) is 5.92 Å². The minimum Gasteiger partial charge on any atom is -0.207 e. The fourth-order valence-corrected chi connectivity index (χ4v) is 0.704. The largest absolute Gasteiger partial charge is 0.248 e. The lowest BCUT2D eigenvalue weighted by atomic mass is 10.1. The Bertz CT molecular complexity index is 67.3. The Balaban J connectivity index is 3.62. The lowest BCUT2D eigenvalue weighted by molar-refractivity contribution is -0.0227. The first kappa shape index (κ1) is 8.34. The third kappa shape index (κ3) is 2.60. The monoisotopic (exact) mass is 186 g/mol. The minimum atomic E-state index is -2.54. The zero-order valence-electron chi connectivity index (χ0n) is 4.92. The van der Waals surface area contributed by atoms with E-state index in [0.29, 0.717) is 5.33 Å². The van der Waals surface area contributed by atoms with Crippen LogP contribution < -0.4 is 0 Å². The van der Waals surface area contributed by atoms with Crippen LogP contribution in [0, 0.1) is 5.92 Å². The summed E-state index contributed by atoms with van der Waals surface area (Å²) in [6, 6.07) is 0. The zero-order valence-corrected chi connectivity index (χ0v) is 6.50. The maximum atomic E-state index is 12.1. The Kier molecular flexibility index (Phi) is 2.88. The summed E-state index contributed by atoms with van der Waals surface area (Å²) >= 11 is 2.97. The third-order valence-corrected chi connectivity index (χ3v) is 2.07. The predicted octanol–water partition coefficient (Wildman–Crippen LogP) is 2.67. The predicted molar refractivity (Wildman–Crippen MR) is 33.6 cm³/mol. The summed E-state index contributed by atoms with van der Waals surface area (Å²) in [5, 5.41) is 0.358. The molecule has 1 atom stereocenters. The molecule has 0 amide bonds. The Morgan fingerprint density at radius 3 is 2.00 bits per heavy atom. The zero-order chi connectivity index (χ0) is 6.78. The van der Waals surface area contributed by atoms with Crippen LogP contribution in [0.4, 0.5) is 8.78 Å². The van der Waals surface area contributed by atoms with Crippen LogP contribution in [0.25, 0.3) is 0 Å². The third-order valence-electron chi connectivity index (χ3n) is 1.10. The molecule has 0 nitrogen and oxygen atoms in total. The first-order chi connectivity index (χ1) is 3.48. The second-order valence-corrected chi connectivity index (χ2v) is 2.66. The summed E-state index contributed by atoms with van der Waals surface area (Å²) in [4.78, 5) is 0. The molecule has 0 aliphatic heterocycles. The molecule has 0 aliphatic carbocycles. The van der Waals surface area contributed by atoms with E-state index in [-0.39, 0.29) is 0 Å². The molecular formula is C5H9BrF2. The van der Waals surface area contributed by atoms with Crippen LogP contribution in [0.3, 0.4) is 0 Å². The van der Waals surface area contributed by atoms with Crippen molar-refractivity contribution in [3.63, 3.8) is 0 Å². The first-order valence-electron chi connectivity index (χ1n) is 2.42. The highest BCUT2D eigenvalue weighted by Crippen LogP contribution is 2.24. The van der Waals surface area contributed by atoms with Crippen LogP contribution in [-0.2, 0) is 0 Å². The number of rotatable bonds is 2. The average Bonchev–Trinajstić information content (AvgIpc) is 1.62. The maximum Gasteiger partial charge on any atom is 0.248 e. The van der Waals surface area contributed by atoms with Gasteiger partial charge in [-0.05, 0) is 6.92 Å². The quantitative estimate of drug-likeness (QED) is 0.583. The molecule has 0 aromatic carbocycles. The Hall–Kier alpha value is 0.340. The molecule has 0 aromatic rings. The molecule has 0 heterocycles. The van der Waals surface area contributed by atoms with E-state index in [1.165, 1.54) is 6.92 Å². The van der Waals surface area contributed by atoms with Gasteiger partial charge in [0.15, 0.2) is 0 Å². The van der Waals surface area contributed by atoms with Crippen molar-refractivity contribution < 1.29 is 8.78 Å². The highest BCUT2D eigenvalue weighted by molar-refractivity contribution is 9.09. The van der Waals surface area contributed by atoms with Crippen molar-refractivity contribution in [3.8, 4) is 0 Å². The molecule has 1 unspecified atom stereocenters. The second kappa shape index (κ2) is 2.76. The van der Waals surface area contributed by atoms with Crippen molar-refractivity contribution in [1.82, 2.24) is 0 Å². The molecule has 0 fully saturated rings. The van der Waals surface area contributed by atoms with E-state index in [2.05, 4.69) is 15.9 Å². The smallest absolute Gasteiger partial charge is 0.207 e. The van der Waals surface area contributed by atoms with Gasteiger partial charge < -0.3 is 0 Å². The van der Waals surface area contributed by atoms with Crippen LogP contribution in [0.2, 0.25) is 0 Å². The average molecular weight is 187 g/mol. The lowest BCUT2D eigenvalue weighted by Crippen LogP contribution is -2.22. The summed E-state index contributed by atoms with van der Waals surface area (Å²) < 4.78 is 24.2.